The van der Waals surface area contributed by atoms with Gasteiger partial charge in [0.25, 0.3) is 0 Å². The molecule has 2 nitrogen and oxygen atoms in total. The average Bonchev–Trinajstić information content (AvgIpc) is 2.88. The molecule has 0 aliphatic carbocycles. The van der Waals surface area contributed by atoms with Crippen LogP contribution in [0.5, 0.6) is 5.75 Å². The van der Waals surface area contributed by atoms with E-state index in [0.29, 0.717) is 6.54 Å². The number of rotatable bonds is 6. The molecule has 0 amide bonds. The van der Waals surface area contributed by atoms with Crippen molar-refractivity contribution in [1.29, 1.82) is 0 Å². The van der Waals surface area contributed by atoms with Gasteiger partial charge in [0.1, 0.15) is 0 Å². The Balaban J connectivity index is 1.78. The largest absolute Gasteiger partial charge is 0.494 e. The summed E-state index contributed by atoms with van der Waals surface area (Å²) in [6, 6.07) is 9.22. The zero-order valence-electron chi connectivity index (χ0n) is 10.3. The van der Waals surface area contributed by atoms with Crippen LogP contribution < -0.4 is 10.1 Å². The van der Waals surface area contributed by atoms with Crippen LogP contribution in [0.25, 0.3) is 0 Å². The molecule has 2 rings (SSSR count). The van der Waals surface area contributed by atoms with Crippen LogP contribution in [-0.2, 0) is 13.0 Å². The third kappa shape index (κ3) is 3.55. The van der Waals surface area contributed by atoms with Gasteiger partial charge in [0.2, 0.25) is 0 Å². The van der Waals surface area contributed by atoms with Crippen molar-refractivity contribution in [1.82, 2.24) is 5.32 Å². The molecule has 4 heteroatoms. The number of hydrogen-bond donors (Lipinski definition) is 1. The van der Waals surface area contributed by atoms with Crippen molar-refractivity contribution < 1.29 is 9.13 Å². The van der Waals surface area contributed by atoms with Crippen LogP contribution >= 0.6 is 11.3 Å². The molecule has 1 N–H and O–H groups in total. The first-order valence-electron chi connectivity index (χ1n) is 5.85. The number of thiophene rings is 1. The summed E-state index contributed by atoms with van der Waals surface area (Å²) in [7, 11) is 1.47. The van der Waals surface area contributed by atoms with Crippen LogP contribution in [-0.4, -0.2) is 13.7 Å². The molecule has 0 fully saturated rings. The third-order valence-electron chi connectivity index (χ3n) is 2.67. The summed E-state index contributed by atoms with van der Waals surface area (Å²) in [5, 5.41) is 5.38. The van der Waals surface area contributed by atoms with Gasteiger partial charge >= 0.3 is 0 Å². The van der Waals surface area contributed by atoms with E-state index in [0.717, 1.165) is 18.5 Å². The lowest BCUT2D eigenvalue weighted by Crippen LogP contribution is -2.16. The highest BCUT2D eigenvalue weighted by molar-refractivity contribution is 7.09. The molecule has 1 heterocycles. The number of halogens is 1. The van der Waals surface area contributed by atoms with Crippen LogP contribution in [0.15, 0.2) is 35.7 Å². The van der Waals surface area contributed by atoms with Gasteiger partial charge in [-0.25, -0.2) is 4.39 Å². The minimum Gasteiger partial charge on any atom is -0.494 e. The van der Waals surface area contributed by atoms with Gasteiger partial charge in [0.15, 0.2) is 11.6 Å². The van der Waals surface area contributed by atoms with Crippen LogP contribution in [0, 0.1) is 5.82 Å². The molecule has 18 heavy (non-hydrogen) atoms. The molecule has 0 saturated heterocycles. The quantitative estimate of drug-likeness (QED) is 0.810. The Morgan fingerprint density at radius 1 is 1.33 bits per heavy atom. The molecule has 0 bridgehead atoms. The predicted molar refractivity (Wildman–Crippen MR) is 72.7 cm³/mol. The molecule has 1 aromatic heterocycles. The van der Waals surface area contributed by atoms with E-state index in [2.05, 4.69) is 22.8 Å². The van der Waals surface area contributed by atoms with E-state index < -0.39 is 0 Å². The summed E-state index contributed by atoms with van der Waals surface area (Å²) in [5.41, 5.74) is 0.930. The summed E-state index contributed by atoms with van der Waals surface area (Å²) in [6.45, 7) is 1.57. The molecule has 0 spiro atoms. The van der Waals surface area contributed by atoms with Gasteiger partial charge < -0.3 is 10.1 Å². The van der Waals surface area contributed by atoms with E-state index >= 15 is 0 Å². The topological polar surface area (TPSA) is 21.3 Å². The highest BCUT2D eigenvalue weighted by Gasteiger charge is 2.03. The Kier molecular flexibility index (Phi) is 4.73. The molecular weight excluding hydrogens is 249 g/mol. The zero-order chi connectivity index (χ0) is 12.8. The molecule has 0 aliphatic heterocycles. The van der Waals surface area contributed by atoms with Gasteiger partial charge in [-0.15, -0.1) is 11.3 Å². The van der Waals surface area contributed by atoms with Gasteiger partial charge in [-0.3, -0.25) is 0 Å². The molecule has 0 saturated carbocycles. The first kappa shape index (κ1) is 13.1. The second kappa shape index (κ2) is 6.52. The molecule has 0 atom stereocenters. The summed E-state index contributed by atoms with van der Waals surface area (Å²) >= 11 is 1.76. The van der Waals surface area contributed by atoms with Gasteiger partial charge in [-0.1, -0.05) is 12.1 Å². The van der Waals surface area contributed by atoms with E-state index in [4.69, 9.17) is 4.74 Å². The van der Waals surface area contributed by atoms with Crippen LogP contribution in [0.2, 0.25) is 0 Å². The Morgan fingerprint density at radius 3 is 2.89 bits per heavy atom. The summed E-state index contributed by atoms with van der Waals surface area (Å²) < 4.78 is 18.3. The van der Waals surface area contributed by atoms with Crippen LogP contribution in [0.3, 0.4) is 0 Å². The number of ether oxygens (including phenoxy) is 1. The number of benzene rings is 1. The molecule has 1 aromatic carbocycles. The predicted octanol–water partition coefficient (Wildman–Crippen LogP) is 3.23. The average molecular weight is 265 g/mol. The SMILES string of the molecule is COc1ccc(CNCCc2cccs2)cc1F. The first-order chi connectivity index (χ1) is 8.79. The van der Waals surface area contributed by atoms with Crippen molar-refractivity contribution in [2.24, 2.45) is 0 Å². The standard InChI is InChI=1S/C14H16FNOS/c1-17-14-5-4-11(9-13(14)15)10-16-7-6-12-3-2-8-18-12/h2-5,8-9,16H,6-7,10H2,1H3. The minimum atomic E-state index is -0.310. The van der Waals surface area contributed by atoms with E-state index in [1.54, 1.807) is 17.4 Å². The van der Waals surface area contributed by atoms with Crippen LogP contribution in [0.1, 0.15) is 10.4 Å². The van der Waals surface area contributed by atoms with Gasteiger partial charge in [-0.2, -0.15) is 0 Å². The number of nitrogens with one attached hydrogen (secondary N) is 1. The molecule has 0 radical (unpaired) electrons. The van der Waals surface area contributed by atoms with Gasteiger partial charge in [0, 0.05) is 18.0 Å². The maximum Gasteiger partial charge on any atom is 0.165 e. The fraction of sp³-hybridized carbons (Fsp3) is 0.286. The summed E-state index contributed by atoms with van der Waals surface area (Å²) in [6.07, 6.45) is 1.01. The molecule has 2 aromatic rings. The van der Waals surface area contributed by atoms with Gasteiger partial charge in [0.05, 0.1) is 7.11 Å². The van der Waals surface area contributed by atoms with Gasteiger partial charge in [-0.05, 0) is 35.6 Å². The maximum absolute atomic E-state index is 13.4. The Labute approximate surface area is 110 Å². The normalized spacial score (nSPS) is 10.6. The van der Waals surface area contributed by atoms with Crippen molar-refractivity contribution in [2.75, 3.05) is 13.7 Å². The van der Waals surface area contributed by atoms with Crippen LogP contribution in [0.4, 0.5) is 4.39 Å². The molecule has 96 valence electrons. The van der Waals surface area contributed by atoms with Crippen molar-refractivity contribution in [3.05, 3.63) is 52.0 Å². The second-order valence-electron chi connectivity index (χ2n) is 3.98. The summed E-state index contributed by atoms with van der Waals surface area (Å²) in [5.74, 6) is -0.0209. The maximum atomic E-state index is 13.4. The van der Waals surface area contributed by atoms with Crippen molar-refractivity contribution in [2.45, 2.75) is 13.0 Å². The zero-order valence-corrected chi connectivity index (χ0v) is 11.1. The lowest BCUT2D eigenvalue weighted by molar-refractivity contribution is 0.386. The lowest BCUT2D eigenvalue weighted by atomic mass is 10.2. The fourth-order valence-corrected chi connectivity index (χ4v) is 2.43. The highest BCUT2D eigenvalue weighted by Crippen LogP contribution is 2.17. The molecular formula is C14H16FNOS. The Morgan fingerprint density at radius 2 is 2.22 bits per heavy atom. The lowest BCUT2D eigenvalue weighted by Gasteiger charge is -2.06. The highest BCUT2D eigenvalue weighted by atomic mass is 32.1. The monoisotopic (exact) mass is 265 g/mol. The van der Waals surface area contributed by atoms with E-state index in [1.807, 2.05) is 6.07 Å². The van der Waals surface area contributed by atoms with Crippen molar-refractivity contribution in [3.63, 3.8) is 0 Å². The van der Waals surface area contributed by atoms with Crippen molar-refractivity contribution in [3.8, 4) is 5.75 Å². The fourth-order valence-electron chi connectivity index (χ4n) is 1.72. The minimum absolute atomic E-state index is 0.289. The molecule has 0 aliphatic rings. The van der Waals surface area contributed by atoms with Crippen molar-refractivity contribution >= 4 is 11.3 Å². The van der Waals surface area contributed by atoms with E-state index in [9.17, 15) is 4.39 Å². The van der Waals surface area contributed by atoms with E-state index in [1.165, 1.54) is 18.1 Å². The first-order valence-corrected chi connectivity index (χ1v) is 6.73. The Bertz CT molecular complexity index is 485. The third-order valence-corrected chi connectivity index (χ3v) is 3.61. The molecule has 0 unspecified atom stereocenters. The smallest absolute Gasteiger partial charge is 0.165 e. The van der Waals surface area contributed by atoms with E-state index in [-0.39, 0.29) is 11.6 Å². The number of methoxy groups -OCH3 is 1. The summed E-state index contributed by atoms with van der Waals surface area (Å²) in [4.78, 5) is 1.36. The second-order valence-corrected chi connectivity index (χ2v) is 5.01. The number of hydrogen-bond acceptors (Lipinski definition) is 3. The Hall–Kier alpha value is -1.39.